The zero-order valence-electron chi connectivity index (χ0n) is 14.7. The third-order valence-electron chi connectivity index (χ3n) is 4.64. The molecule has 3 heteroatoms. The van der Waals surface area contributed by atoms with Crippen LogP contribution in [0.3, 0.4) is 0 Å². The quantitative estimate of drug-likeness (QED) is 0.404. The van der Waals surface area contributed by atoms with Gasteiger partial charge in [-0.3, -0.25) is 0 Å². The highest BCUT2D eigenvalue weighted by Gasteiger charge is 2.24. The highest BCUT2D eigenvalue weighted by atomic mass is 32.2. The van der Waals surface area contributed by atoms with Gasteiger partial charge in [-0.25, -0.2) is 0 Å². The number of rotatable bonds is 3. The first-order valence-electron chi connectivity index (χ1n) is 8.97. The number of benzene rings is 4. The van der Waals surface area contributed by atoms with E-state index in [9.17, 15) is 0 Å². The van der Waals surface area contributed by atoms with Crippen LogP contribution in [0.1, 0.15) is 0 Å². The van der Waals surface area contributed by atoms with Crippen LogP contribution in [0, 0.1) is 0 Å². The molecule has 0 saturated heterocycles. The minimum absolute atomic E-state index is 0.626. The molecule has 0 saturated carbocycles. The first-order valence-corrected chi connectivity index (χ1v) is 11.1. The van der Waals surface area contributed by atoms with Gasteiger partial charge in [-0.05, 0) is 36.7 Å². The summed E-state index contributed by atoms with van der Waals surface area (Å²) in [5.74, 6) is 0. The monoisotopic (exact) mass is 383 g/mol. The Kier molecular flexibility index (Phi) is 4.45. The van der Waals surface area contributed by atoms with Crippen molar-refractivity contribution in [1.29, 1.82) is 0 Å². The number of fused-ring (bicyclic) bond motifs is 2. The van der Waals surface area contributed by atoms with E-state index in [4.69, 9.17) is 0 Å². The summed E-state index contributed by atoms with van der Waals surface area (Å²) in [5.41, 5.74) is 2.44. The third-order valence-corrected chi connectivity index (χ3v) is 8.26. The second-order valence-electron chi connectivity index (χ2n) is 6.38. The van der Waals surface area contributed by atoms with Crippen molar-refractivity contribution in [3.63, 3.8) is 0 Å². The molecule has 130 valence electrons. The van der Waals surface area contributed by atoms with E-state index in [1.165, 1.54) is 37.1 Å². The first kappa shape index (κ1) is 16.6. The molecule has 0 atom stereocenters. The van der Waals surface area contributed by atoms with Gasteiger partial charge in [0.05, 0.1) is 11.4 Å². The standard InChI is InChI=1S/C24H18NPS/c1-3-10-18(11-4-1)26(19-12-5-2-6-13-19)21-15-9-17-23-24(21)25-20-14-7-8-16-22(20)27-23/h1-17,25H. The minimum atomic E-state index is -0.626. The highest BCUT2D eigenvalue weighted by molar-refractivity contribution is 7.99. The number of anilines is 2. The van der Waals surface area contributed by atoms with Gasteiger partial charge in [0, 0.05) is 15.1 Å². The molecule has 0 bridgehead atoms. The van der Waals surface area contributed by atoms with E-state index in [0.717, 1.165) is 0 Å². The van der Waals surface area contributed by atoms with Crippen LogP contribution in [-0.2, 0) is 0 Å². The summed E-state index contributed by atoms with van der Waals surface area (Å²) in [4.78, 5) is 2.58. The molecule has 0 radical (unpaired) electrons. The van der Waals surface area contributed by atoms with E-state index in [1.54, 1.807) is 0 Å². The summed E-state index contributed by atoms with van der Waals surface area (Å²) in [6.45, 7) is 0. The van der Waals surface area contributed by atoms with Crippen molar-refractivity contribution in [2.75, 3.05) is 5.32 Å². The Bertz CT molecular complexity index is 1040. The Morgan fingerprint density at radius 1 is 0.556 bits per heavy atom. The van der Waals surface area contributed by atoms with E-state index in [2.05, 4.69) is 108 Å². The summed E-state index contributed by atoms with van der Waals surface area (Å²) < 4.78 is 0. The molecular weight excluding hydrogens is 365 g/mol. The molecule has 27 heavy (non-hydrogen) atoms. The molecule has 4 aromatic rings. The van der Waals surface area contributed by atoms with Gasteiger partial charge in [0.25, 0.3) is 0 Å². The summed E-state index contributed by atoms with van der Waals surface area (Å²) >= 11 is 1.85. The first-order chi connectivity index (χ1) is 13.4. The fourth-order valence-electron chi connectivity index (χ4n) is 3.41. The molecule has 1 aliphatic rings. The predicted octanol–water partition coefficient (Wildman–Crippen LogP) is 5.65. The summed E-state index contributed by atoms with van der Waals surface area (Å²) in [6.07, 6.45) is 0. The lowest BCUT2D eigenvalue weighted by atomic mass is 10.2. The van der Waals surface area contributed by atoms with Gasteiger partial charge in [0.1, 0.15) is 0 Å². The van der Waals surface area contributed by atoms with Crippen LogP contribution in [0.2, 0.25) is 0 Å². The van der Waals surface area contributed by atoms with Crippen molar-refractivity contribution in [2.45, 2.75) is 9.79 Å². The maximum Gasteiger partial charge on any atom is 0.0611 e. The van der Waals surface area contributed by atoms with Gasteiger partial charge >= 0.3 is 0 Å². The largest absolute Gasteiger partial charge is 0.353 e. The van der Waals surface area contributed by atoms with E-state index in [0.29, 0.717) is 0 Å². The Hall–Kier alpha value is -2.54. The maximum absolute atomic E-state index is 3.72. The normalized spacial score (nSPS) is 12.2. The number of para-hydroxylation sites is 2. The van der Waals surface area contributed by atoms with Crippen LogP contribution in [0.4, 0.5) is 11.4 Å². The summed E-state index contributed by atoms with van der Waals surface area (Å²) in [7, 11) is -0.626. The number of hydrogen-bond donors (Lipinski definition) is 1. The number of hydrogen-bond acceptors (Lipinski definition) is 2. The van der Waals surface area contributed by atoms with Gasteiger partial charge < -0.3 is 5.32 Å². The molecule has 0 aromatic heterocycles. The predicted molar refractivity (Wildman–Crippen MR) is 119 cm³/mol. The van der Waals surface area contributed by atoms with Gasteiger partial charge in [-0.15, -0.1) is 0 Å². The van der Waals surface area contributed by atoms with Crippen LogP contribution in [0.25, 0.3) is 0 Å². The van der Waals surface area contributed by atoms with Crippen molar-refractivity contribution in [2.24, 2.45) is 0 Å². The van der Waals surface area contributed by atoms with Gasteiger partial charge in [-0.2, -0.15) is 0 Å². The van der Waals surface area contributed by atoms with E-state index in [1.807, 2.05) is 11.8 Å². The van der Waals surface area contributed by atoms with Crippen molar-refractivity contribution in [3.8, 4) is 0 Å². The zero-order chi connectivity index (χ0) is 18.1. The molecule has 0 unspecified atom stereocenters. The average molecular weight is 383 g/mol. The van der Waals surface area contributed by atoms with Crippen LogP contribution in [-0.4, -0.2) is 0 Å². The Morgan fingerprint density at radius 3 is 1.85 bits per heavy atom. The van der Waals surface area contributed by atoms with Crippen molar-refractivity contribution in [3.05, 3.63) is 103 Å². The van der Waals surface area contributed by atoms with Gasteiger partial charge in [0.2, 0.25) is 0 Å². The van der Waals surface area contributed by atoms with Crippen LogP contribution >= 0.6 is 19.7 Å². The zero-order valence-corrected chi connectivity index (χ0v) is 16.4. The Balaban J connectivity index is 1.69. The molecule has 1 nitrogen and oxygen atoms in total. The molecule has 4 aromatic carbocycles. The molecule has 1 heterocycles. The number of nitrogens with one attached hydrogen (secondary N) is 1. The third kappa shape index (κ3) is 3.16. The van der Waals surface area contributed by atoms with Crippen molar-refractivity contribution >= 4 is 47.0 Å². The molecule has 0 amide bonds. The molecule has 1 aliphatic heterocycles. The molecule has 0 fully saturated rings. The van der Waals surface area contributed by atoms with Gasteiger partial charge in [-0.1, -0.05) is 96.7 Å². The summed E-state index contributed by atoms with van der Waals surface area (Å²) in [5, 5.41) is 7.85. The fourth-order valence-corrected chi connectivity index (χ4v) is 6.94. The Labute approximate surface area is 165 Å². The lowest BCUT2D eigenvalue weighted by Crippen LogP contribution is -2.23. The van der Waals surface area contributed by atoms with E-state index < -0.39 is 7.92 Å². The summed E-state index contributed by atoms with van der Waals surface area (Å²) in [6, 6.07) is 37.0. The van der Waals surface area contributed by atoms with Crippen LogP contribution in [0.5, 0.6) is 0 Å². The van der Waals surface area contributed by atoms with E-state index >= 15 is 0 Å². The van der Waals surface area contributed by atoms with Crippen LogP contribution in [0.15, 0.2) is 113 Å². The molecular formula is C24H18NPS. The SMILES string of the molecule is c1ccc(P(c2ccccc2)c2cccc3c2Nc2ccccc2S3)cc1. The van der Waals surface area contributed by atoms with Crippen molar-refractivity contribution in [1.82, 2.24) is 0 Å². The lowest BCUT2D eigenvalue weighted by molar-refractivity contribution is 1.33. The second-order valence-corrected chi connectivity index (χ2v) is 9.65. The fraction of sp³-hybridized carbons (Fsp3) is 0. The Morgan fingerprint density at radius 2 is 1.15 bits per heavy atom. The van der Waals surface area contributed by atoms with Crippen molar-refractivity contribution < 1.29 is 0 Å². The lowest BCUT2D eigenvalue weighted by Gasteiger charge is -2.27. The smallest absolute Gasteiger partial charge is 0.0611 e. The second kappa shape index (κ2) is 7.23. The molecule has 0 spiro atoms. The molecule has 5 rings (SSSR count). The molecule has 0 aliphatic carbocycles. The average Bonchev–Trinajstić information content (AvgIpc) is 2.74. The van der Waals surface area contributed by atoms with Gasteiger partial charge in [0.15, 0.2) is 0 Å². The molecule has 1 N–H and O–H groups in total. The highest BCUT2D eigenvalue weighted by Crippen LogP contribution is 2.47. The topological polar surface area (TPSA) is 12.0 Å². The minimum Gasteiger partial charge on any atom is -0.353 e. The van der Waals surface area contributed by atoms with Crippen LogP contribution < -0.4 is 21.2 Å². The van der Waals surface area contributed by atoms with E-state index in [-0.39, 0.29) is 0 Å². The maximum atomic E-state index is 3.72.